The fourth-order valence-electron chi connectivity index (χ4n) is 1.92. The minimum atomic E-state index is -0.562. The number of aliphatic hydroxyl groups excluding tert-OH is 1. The number of hydrogen-bond donors (Lipinski definition) is 4. The van der Waals surface area contributed by atoms with Gasteiger partial charge in [-0.3, -0.25) is 15.4 Å². The van der Waals surface area contributed by atoms with Gasteiger partial charge in [0.1, 0.15) is 0 Å². The zero-order valence-electron chi connectivity index (χ0n) is 10.8. The van der Waals surface area contributed by atoms with E-state index in [1.165, 1.54) is 7.05 Å². The molecular weight excluding hydrogens is 238 g/mol. The van der Waals surface area contributed by atoms with Gasteiger partial charge in [0, 0.05) is 25.8 Å². The highest BCUT2D eigenvalue weighted by Crippen LogP contribution is 2.20. The average Bonchev–Trinajstić information content (AvgIpc) is 2.39. The molecule has 0 radical (unpaired) electrons. The van der Waals surface area contributed by atoms with Crippen molar-refractivity contribution in [3.8, 4) is 0 Å². The summed E-state index contributed by atoms with van der Waals surface area (Å²) in [6.45, 7) is 2.70. The fourth-order valence-corrected chi connectivity index (χ4v) is 1.92. The molecule has 1 aliphatic rings. The van der Waals surface area contributed by atoms with Crippen molar-refractivity contribution >= 4 is 11.9 Å². The second-order valence-corrected chi connectivity index (χ2v) is 4.49. The van der Waals surface area contributed by atoms with Gasteiger partial charge in [-0.25, -0.2) is 4.79 Å². The summed E-state index contributed by atoms with van der Waals surface area (Å²) in [7, 11) is 1.44. The Hall–Kier alpha value is -1.18. The first-order valence-electron chi connectivity index (χ1n) is 6.02. The number of nitrogens with one attached hydrogen (secondary N) is 3. The van der Waals surface area contributed by atoms with E-state index in [4.69, 9.17) is 4.74 Å². The Kier molecular flexibility index (Phi) is 5.52. The molecule has 18 heavy (non-hydrogen) atoms. The van der Waals surface area contributed by atoms with Gasteiger partial charge < -0.3 is 15.2 Å². The minimum Gasteiger partial charge on any atom is -0.394 e. The van der Waals surface area contributed by atoms with E-state index < -0.39 is 23.5 Å². The lowest BCUT2D eigenvalue weighted by molar-refractivity contribution is -0.122. The summed E-state index contributed by atoms with van der Waals surface area (Å²) >= 11 is 0. The third kappa shape index (κ3) is 3.94. The van der Waals surface area contributed by atoms with Crippen LogP contribution < -0.4 is 16.0 Å². The molecule has 1 unspecified atom stereocenters. The Morgan fingerprint density at radius 2 is 2.00 bits per heavy atom. The van der Waals surface area contributed by atoms with Crippen molar-refractivity contribution in [1.29, 1.82) is 0 Å². The van der Waals surface area contributed by atoms with Crippen LogP contribution >= 0.6 is 0 Å². The number of imide groups is 1. The van der Waals surface area contributed by atoms with Crippen molar-refractivity contribution in [3.63, 3.8) is 0 Å². The van der Waals surface area contributed by atoms with E-state index in [9.17, 15) is 14.7 Å². The van der Waals surface area contributed by atoms with E-state index in [1.54, 1.807) is 6.92 Å². The zero-order chi connectivity index (χ0) is 13.6. The first-order chi connectivity index (χ1) is 8.53. The lowest BCUT2D eigenvalue weighted by Gasteiger charge is -2.38. The van der Waals surface area contributed by atoms with Crippen molar-refractivity contribution in [2.45, 2.75) is 31.3 Å². The van der Waals surface area contributed by atoms with Gasteiger partial charge in [0.2, 0.25) is 5.91 Å². The Morgan fingerprint density at radius 3 is 2.50 bits per heavy atom. The van der Waals surface area contributed by atoms with Crippen LogP contribution in [0.25, 0.3) is 0 Å². The second-order valence-electron chi connectivity index (χ2n) is 4.49. The summed E-state index contributed by atoms with van der Waals surface area (Å²) in [5.74, 6) is -0.423. The molecule has 0 aromatic rings. The van der Waals surface area contributed by atoms with E-state index in [1.807, 2.05) is 0 Å². The van der Waals surface area contributed by atoms with Crippen LogP contribution in [0.15, 0.2) is 0 Å². The number of carbonyl (C=O) groups excluding carboxylic acids is 2. The first kappa shape index (κ1) is 14.9. The van der Waals surface area contributed by atoms with E-state index >= 15 is 0 Å². The predicted octanol–water partition coefficient (Wildman–Crippen LogP) is -1.04. The summed E-state index contributed by atoms with van der Waals surface area (Å²) in [6, 6.07) is -1.11. The van der Waals surface area contributed by atoms with E-state index in [0.717, 1.165) is 0 Å². The number of rotatable bonds is 4. The topological polar surface area (TPSA) is 99.7 Å². The van der Waals surface area contributed by atoms with Crippen molar-refractivity contribution in [2.75, 3.05) is 26.9 Å². The van der Waals surface area contributed by atoms with Crippen LogP contribution in [-0.4, -0.2) is 55.5 Å². The first-order valence-corrected chi connectivity index (χ1v) is 6.02. The van der Waals surface area contributed by atoms with Crippen LogP contribution in [0, 0.1) is 0 Å². The summed E-state index contributed by atoms with van der Waals surface area (Å²) in [4.78, 5) is 22.7. The number of urea groups is 1. The molecule has 7 nitrogen and oxygen atoms in total. The lowest BCUT2D eigenvalue weighted by Crippen LogP contribution is -2.59. The number of amides is 3. The number of carbonyl (C=O) groups is 2. The minimum absolute atomic E-state index is 0.0616. The molecule has 4 N–H and O–H groups in total. The summed E-state index contributed by atoms with van der Waals surface area (Å²) in [6.07, 6.45) is 1.28. The van der Waals surface area contributed by atoms with Gasteiger partial charge in [0.15, 0.2) is 0 Å². The molecule has 1 rings (SSSR count). The van der Waals surface area contributed by atoms with Crippen LogP contribution in [0.3, 0.4) is 0 Å². The van der Waals surface area contributed by atoms with Gasteiger partial charge in [-0.2, -0.15) is 0 Å². The number of hydrogen-bond acceptors (Lipinski definition) is 5. The molecule has 104 valence electrons. The molecule has 0 aliphatic carbocycles. The Labute approximate surface area is 106 Å². The second kappa shape index (κ2) is 6.67. The van der Waals surface area contributed by atoms with Crippen LogP contribution in [0.1, 0.15) is 19.8 Å². The Morgan fingerprint density at radius 1 is 1.39 bits per heavy atom. The van der Waals surface area contributed by atoms with Gasteiger partial charge in [0.25, 0.3) is 0 Å². The predicted molar refractivity (Wildman–Crippen MR) is 65.1 cm³/mol. The molecule has 1 atom stereocenters. The standard InChI is InChI=1S/C11H21N3O4/c1-8(9(16)13-10(17)12-2)14-11(7-15)3-5-18-6-4-11/h8,14-15H,3-7H2,1-2H3,(H2,12,13,16,17). The Balaban J connectivity index is 2.53. The van der Waals surface area contributed by atoms with Crippen LogP contribution in [0.4, 0.5) is 4.79 Å². The molecule has 3 amide bonds. The van der Waals surface area contributed by atoms with Crippen LogP contribution in [0.2, 0.25) is 0 Å². The molecule has 0 bridgehead atoms. The van der Waals surface area contributed by atoms with Crippen LogP contribution in [0.5, 0.6) is 0 Å². The summed E-state index contributed by atoms with van der Waals surface area (Å²) < 4.78 is 5.23. The van der Waals surface area contributed by atoms with Crippen LogP contribution in [-0.2, 0) is 9.53 Å². The zero-order valence-corrected chi connectivity index (χ0v) is 10.8. The van der Waals surface area contributed by atoms with Gasteiger partial charge >= 0.3 is 6.03 Å². The van der Waals surface area contributed by atoms with Gasteiger partial charge in [-0.1, -0.05) is 0 Å². The largest absolute Gasteiger partial charge is 0.394 e. The molecule has 1 heterocycles. The average molecular weight is 259 g/mol. The maximum absolute atomic E-state index is 11.7. The molecule has 0 spiro atoms. The van der Waals surface area contributed by atoms with E-state index in [-0.39, 0.29) is 6.61 Å². The molecule has 7 heteroatoms. The monoisotopic (exact) mass is 259 g/mol. The SMILES string of the molecule is CNC(=O)NC(=O)C(C)NC1(CO)CCOCC1. The lowest BCUT2D eigenvalue weighted by atomic mass is 9.90. The molecule has 1 aliphatic heterocycles. The quantitative estimate of drug-likeness (QED) is 0.517. The molecule has 0 aromatic heterocycles. The number of ether oxygens (including phenoxy) is 1. The van der Waals surface area contributed by atoms with Crippen molar-refractivity contribution in [3.05, 3.63) is 0 Å². The number of aliphatic hydroxyl groups is 1. The fraction of sp³-hybridized carbons (Fsp3) is 0.818. The molecule has 1 fully saturated rings. The normalized spacial score (nSPS) is 19.9. The maximum Gasteiger partial charge on any atom is 0.321 e. The highest BCUT2D eigenvalue weighted by molar-refractivity contribution is 5.96. The maximum atomic E-state index is 11.7. The third-order valence-electron chi connectivity index (χ3n) is 3.13. The van der Waals surface area contributed by atoms with Crippen molar-refractivity contribution in [1.82, 2.24) is 16.0 Å². The highest BCUT2D eigenvalue weighted by atomic mass is 16.5. The molecular formula is C11H21N3O4. The van der Waals surface area contributed by atoms with E-state index in [2.05, 4.69) is 16.0 Å². The van der Waals surface area contributed by atoms with Gasteiger partial charge in [0.05, 0.1) is 12.6 Å². The smallest absolute Gasteiger partial charge is 0.321 e. The highest BCUT2D eigenvalue weighted by Gasteiger charge is 2.34. The Bertz CT molecular complexity index is 303. The molecule has 1 saturated heterocycles. The van der Waals surface area contributed by atoms with Gasteiger partial charge in [-0.15, -0.1) is 0 Å². The molecule has 0 saturated carbocycles. The van der Waals surface area contributed by atoms with Gasteiger partial charge in [-0.05, 0) is 19.8 Å². The summed E-state index contributed by atoms with van der Waals surface area (Å²) in [5.41, 5.74) is -0.502. The van der Waals surface area contributed by atoms with Crippen molar-refractivity contribution in [2.24, 2.45) is 0 Å². The van der Waals surface area contributed by atoms with E-state index in [0.29, 0.717) is 26.1 Å². The molecule has 0 aromatic carbocycles. The summed E-state index contributed by atoms with van der Waals surface area (Å²) in [5, 5.41) is 17.1. The van der Waals surface area contributed by atoms with Crippen molar-refractivity contribution < 1.29 is 19.4 Å². The third-order valence-corrected chi connectivity index (χ3v) is 3.13.